The molecule has 0 unspecified atom stereocenters. The van der Waals surface area contributed by atoms with E-state index in [0.717, 1.165) is 37.5 Å². The molecule has 2 fully saturated rings. The van der Waals surface area contributed by atoms with Crippen LogP contribution in [0, 0.1) is 0 Å². The molecular weight excluding hydrogens is 390 g/mol. The van der Waals surface area contributed by atoms with Crippen molar-refractivity contribution in [1.82, 2.24) is 21.2 Å². The molecule has 1 aromatic carbocycles. The van der Waals surface area contributed by atoms with Crippen molar-refractivity contribution in [3.05, 3.63) is 47.0 Å². The molecule has 3 N–H and O–H groups in total. The molecule has 1 saturated heterocycles. The SMILES string of the molecule is O=C(NCC1(c2ccccc2)CCC1)NNC(=O)c1csc(N2CCOCC2)n1. The van der Waals surface area contributed by atoms with Gasteiger partial charge in [-0.15, -0.1) is 11.3 Å². The summed E-state index contributed by atoms with van der Waals surface area (Å²) < 4.78 is 5.33. The zero-order chi connectivity index (χ0) is 20.1. The number of amides is 3. The smallest absolute Gasteiger partial charge is 0.333 e. The Hall–Kier alpha value is -2.65. The van der Waals surface area contributed by atoms with Gasteiger partial charge in [-0.3, -0.25) is 10.2 Å². The van der Waals surface area contributed by atoms with Gasteiger partial charge in [-0.1, -0.05) is 36.8 Å². The van der Waals surface area contributed by atoms with E-state index < -0.39 is 11.9 Å². The van der Waals surface area contributed by atoms with Crippen LogP contribution in [-0.2, 0) is 10.2 Å². The highest BCUT2D eigenvalue weighted by molar-refractivity contribution is 7.13. The fourth-order valence-corrected chi connectivity index (χ4v) is 4.56. The van der Waals surface area contributed by atoms with Crippen LogP contribution < -0.4 is 21.1 Å². The molecule has 1 saturated carbocycles. The quantitative estimate of drug-likeness (QED) is 0.650. The minimum atomic E-state index is -0.433. The highest BCUT2D eigenvalue weighted by Crippen LogP contribution is 2.43. The third-order valence-electron chi connectivity index (χ3n) is 5.58. The van der Waals surface area contributed by atoms with Crippen LogP contribution in [0.2, 0.25) is 0 Å². The fraction of sp³-hybridized carbons (Fsp3) is 0.450. The zero-order valence-corrected chi connectivity index (χ0v) is 17.0. The maximum atomic E-state index is 12.3. The first-order chi connectivity index (χ1) is 14.2. The molecular formula is C20H25N5O3S. The van der Waals surface area contributed by atoms with E-state index in [1.54, 1.807) is 5.38 Å². The number of carbonyl (C=O) groups excluding carboxylic acids is 2. The van der Waals surface area contributed by atoms with Crippen molar-refractivity contribution in [1.29, 1.82) is 0 Å². The second-order valence-electron chi connectivity index (χ2n) is 7.38. The molecule has 1 aliphatic carbocycles. The first-order valence-electron chi connectivity index (χ1n) is 9.84. The van der Waals surface area contributed by atoms with Crippen molar-refractivity contribution in [3.63, 3.8) is 0 Å². The Morgan fingerprint density at radius 2 is 1.90 bits per heavy atom. The van der Waals surface area contributed by atoms with Gasteiger partial charge in [0.1, 0.15) is 5.69 Å². The lowest BCUT2D eigenvalue weighted by atomic mass is 9.64. The number of hydrogen-bond acceptors (Lipinski definition) is 6. The van der Waals surface area contributed by atoms with E-state index in [0.29, 0.717) is 19.8 Å². The number of benzene rings is 1. The van der Waals surface area contributed by atoms with Gasteiger partial charge in [0.15, 0.2) is 5.13 Å². The summed E-state index contributed by atoms with van der Waals surface area (Å²) >= 11 is 1.41. The van der Waals surface area contributed by atoms with E-state index in [4.69, 9.17) is 4.74 Å². The van der Waals surface area contributed by atoms with Gasteiger partial charge in [0, 0.05) is 30.4 Å². The van der Waals surface area contributed by atoms with E-state index in [-0.39, 0.29) is 11.1 Å². The summed E-state index contributed by atoms with van der Waals surface area (Å²) in [6.45, 7) is 3.38. The highest BCUT2D eigenvalue weighted by Gasteiger charge is 2.38. The van der Waals surface area contributed by atoms with Crippen molar-refractivity contribution in [2.75, 3.05) is 37.7 Å². The molecule has 8 nitrogen and oxygen atoms in total. The molecule has 2 aliphatic rings. The lowest BCUT2D eigenvalue weighted by molar-refractivity contribution is 0.0931. The predicted octanol–water partition coefficient (Wildman–Crippen LogP) is 2.05. The van der Waals surface area contributed by atoms with Crippen LogP contribution in [0.5, 0.6) is 0 Å². The number of aromatic nitrogens is 1. The van der Waals surface area contributed by atoms with E-state index in [9.17, 15) is 9.59 Å². The van der Waals surface area contributed by atoms with Gasteiger partial charge >= 0.3 is 6.03 Å². The molecule has 4 rings (SSSR count). The summed E-state index contributed by atoms with van der Waals surface area (Å²) in [6.07, 6.45) is 3.25. The monoisotopic (exact) mass is 415 g/mol. The number of anilines is 1. The van der Waals surface area contributed by atoms with Gasteiger partial charge in [0.05, 0.1) is 13.2 Å². The van der Waals surface area contributed by atoms with E-state index in [1.165, 1.54) is 16.9 Å². The van der Waals surface area contributed by atoms with Crippen molar-refractivity contribution in [2.45, 2.75) is 24.7 Å². The number of ether oxygens (including phenoxy) is 1. The summed E-state index contributed by atoms with van der Waals surface area (Å²) in [7, 11) is 0. The second-order valence-corrected chi connectivity index (χ2v) is 8.21. The Morgan fingerprint density at radius 3 is 2.59 bits per heavy atom. The Balaban J connectivity index is 1.25. The standard InChI is InChI=1S/C20H25N5O3S/c26-17(16-13-29-19(22-16)25-9-11-28-12-10-25)23-24-18(27)21-14-20(7-4-8-20)15-5-2-1-3-6-15/h1-3,5-6,13H,4,7-12,14H2,(H,23,26)(H2,21,24,27). The van der Waals surface area contributed by atoms with Crippen molar-refractivity contribution < 1.29 is 14.3 Å². The van der Waals surface area contributed by atoms with Gasteiger partial charge in [-0.25, -0.2) is 15.2 Å². The number of carbonyl (C=O) groups is 2. The largest absolute Gasteiger partial charge is 0.378 e. The number of morpholine rings is 1. The predicted molar refractivity (Wildman–Crippen MR) is 111 cm³/mol. The van der Waals surface area contributed by atoms with Gasteiger partial charge < -0.3 is 15.0 Å². The zero-order valence-electron chi connectivity index (χ0n) is 16.1. The van der Waals surface area contributed by atoms with Gasteiger partial charge in [0.25, 0.3) is 5.91 Å². The average Bonchev–Trinajstić information content (AvgIpc) is 3.23. The molecule has 0 bridgehead atoms. The second kappa shape index (κ2) is 8.79. The van der Waals surface area contributed by atoms with E-state index >= 15 is 0 Å². The number of urea groups is 1. The van der Waals surface area contributed by atoms with Crippen LogP contribution in [0.3, 0.4) is 0 Å². The van der Waals surface area contributed by atoms with Gasteiger partial charge in [-0.2, -0.15) is 0 Å². The summed E-state index contributed by atoms with van der Waals surface area (Å²) in [5, 5.41) is 5.37. The number of hydrazine groups is 1. The van der Waals surface area contributed by atoms with Crippen LogP contribution >= 0.6 is 11.3 Å². The molecule has 1 aliphatic heterocycles. The number of nitrogens with one attached hydrogen (secondary N) is 3. The van der Waals surface area contributed by atoms with Crippen molar-refractivity contribution in [3.8, 4) is 0 Å². The van der Waals surface area contributed by atoms with Crippen LogP contribution in [0.1, 0.15) is 35.3 Å². The first kappa shape index (κ1) is 19.7. The normalized spacial score (nSPS) is 17.9. The van der Waals surface area contributed by atoms with Crippen LogP contribution in [0.4, 0.5) is 9.93 Å². The number of rotatable bonds is 5. The lowest BCUT2D eigenvalue weighted by Crippen LogP contribution is -2.52. The number of nitrogens with zero attached hydrogens (tertiary/aromatic N) is 2. The summed E-state index contributed by atoms with van der Waals surface area (Å²) in [5.41, 5.74) is 6.37. The van der Waals surface area contributed by atoms with Crippen LogP contribution in [0.25, 0.3) is 0 Å². The van der Waals surface area contributed by atoms with E-state index in [1.807, 2.05) is 18.2 Å². The Kier molecular flexibility index (Phi) is 5.96. The Morgan fingerprint density at radius 1 is 1.14 bits per heavy atom. The fourth-order valence-electron chi connectivity index (χ4n) is 3.70. The summed E-state index contributed by atoms with van der Waals surface area (Å²) in [6, 6.07) is 9.82. The van der Waals surface area contributed by atoms with Gasteiger partial charge in [0.2, 0.25) is 0 Å². The molecule has 0 atom stereocenters. The third-order valence-corrected chi connectivity index (χ3v) is 6.48. The molecule has 2 heterocycles. The molecule has 0 radical (unpaired) electrons. The number of hydrogen-bond donors (Lipinski definition) is 3. The Bertz CT molecular complexity index is 847. The lowest BCUT2D eigenvalue weighted by Gasteiger charge is -2.42. The van der Waals surface area contributed by atoms with Crippen molar-refractivity contribution >= 4 is 28.4 Å². The molecule has 0 spiro atoms. The topological polar surface area (TPSA) is 95.6 Å². The number of thiazole rings is 1. The Labute approximate surface area is 173 Å². The molecule has 154 valence electrons. The first-order valence-corrected chi connectivity index (χ1v) is 10.7. The molecule has 3 amide bonds. The average molecular weight is 416 g/mol. The maximum absolute atomic E-state index is 12.3. The minimum absolute atomic E-state index is 0.00934. The van der Waals surface area contributed by atoms with Crippen LogP contribution in [-0.4, -0.2) is 49.8 Å². The van der Waals surface area contributed by atoms with E-state index in [2.05, 4.69) is 38.2 Å². The molecule has 2 aromatic rings. The third kappa shape index (κ3) is 4.51. The maximum Gasteiger partial charge on any atom is 0.333 e. The van der Waals surface area contributed by atoms with Crippen molar-refractivity contribution in [2.24, 2.45) is 0 Å². The molecule has 9 heteroatoms. The summed E-state index contributed by atoms with van der Waals surface area (Å²) in [4.78, 5) is 30.9. The molecule has 1 aromatic heterocycles. The minimum Gasteiger partial charge on any atom is -0.378 e. The summed E-state index contributed by atoms with van der Waals surface area (Å²) in [5.74, 6) is -0.433. The molecule has 29 heavy (non-hydrogen) atoms. The van der Waals surface area contributed by atoms with Gasteiger partial charge in [-0.05, 0) is 18.4 Å². The highest BCUT2D eigenvalue weighted by atomic mass is 32.1. The van der Waals surface area contributed by atoms with Crippen LogP contribution in [0.15, 0.2) is 35.7 Å².